The number of nitrogens with zero attached hydrogens (tertiary/aromatic N) is 7. The molecule has 4 saturated carbocycles. The number of rotatable bonds is 7. The Kier molecular flexibility index (Phi) is 5.90. The Bertz CT molecular complexity index is 2040. The molecule has 4 aliphatic carbocycles. The van der Waals surface area contributed by atoms with E-state index < -0.39 is 5.97 Å². The van der Waals surface area contributed by atoms with Gasteiger partial charge in [-0.05, 0) is 105 Å². The van der Waals surface area contributed by atoms with E-state index in [9.17, 15) is 9.90 Å². The van der Waals surface area contributed by atoms with Gasteiger partial charge in [0.05, 0.1) is 33.1 Å². The van der Waals surface area contributed by atoms with Crippen LogP contribution in [-0.4, -0.2) is 45.6 Å². The third-order valence-electron chi connectivity index (χ3n) is 10.3. The molecule has 10 nitrogen and oxygen atoms in total. The summed E-state index contributed by atoms with van der Waals surface area (Å²) < 4.78 is 5.16. The molecule has 226 valence electrons. The highest BCUT2D eigenvalue weighted by atomic mass is 32.1. The van der Waals surface area contributed by atoms with Crippen LogP contribution in [0.3, 0.4) is 0 Å². The fourth-order valence-electron chi connectivity index (χ4n) is 8.86. The fourth-order valence-corrected chi connectivity index (χ4v) is 9.73. The van der Waals surface area contributed by atoms with Crippen LogP contribution < -0.4 is 5.32 Å². The molecule has 2 aromatic carbocycles. The van der Waals surface area contributed by atoms with E-state index in [1.54, 1.807) is 23.5 Å². The molecule has 6 aromatic rings. The molecule has 0 amide bonds. The van der Waals surface area contributed by atoms with Gasteiger partial charge in [0.2, 0.25) is 0 Å². The molecule has 11 heteroatoms. The second-order valence-electron chi connectivity index (χ2n) is 13.4. The maximum absolute atomic E-state index is 12.2. The standard InChI is InChI=1S/C34H32N8O2S/c1-19-24(17-35-41(19)18-34-14-20-11-21(15-34)13-22(12-20)16-34)31-38-30-23(32(43)44)5-4-7-26(30)42(31)29-10-9-28(39-40-29)37-33-36-25-6-2-3-8-27(25)45-33/h2-10,17,20-22H,11-16,18H2,1H3,(H,43,44)(H,36,37,39). The molecular formula is C34H32N8O2S. The first kappa shape index (κ1) is 26.7. The van der Waals surface area contributed by atoms with Gasteiger partial charge in [0.15, 0.2) is 16.8 Å². The quantitative estimate of drug-likeness (QED) is 0.192. The van der Waals surface area contributed by atoms with E-state index >= 15 is 0 Å². The summed E-state index contributed by atoms with van der Waals surface area (Å²) in [6, 6.07) is 16.9. The number of carbonyl (C=O) groups is 1. The zero-order chi connectivity index (χ0) is 30.3. The summed E-state index contributed by atoms with van der Waals surface area (Å²) in [5.74, 6) is 3.30. The van der Waals surface area contributed by atoms with Crippen molar-refractivity contribution in [2.24, 2.45) is 23.2 Å². The van der Waals surface area contributed by atoms with Gasteiger partial charge in [0, 0.05) is 12.2 Å². The Labute approximate surface area is 263 Å². The maximum Gasteiger partial charge on any atom is 0.337 e. The zero-order valence-corrected chi connectivity index (χ0v) is 25.7. The summed E-state index contributed by atoms with van der Waals surface area (Å²) in [5, 5.41) is 27.9. The summed E-state index contributed by atoms with van der Waals surface area (Å²) in [7, 11) is 0. The molecule has 45 heavy (non-hydrogen) atoms. The minimum atomic E-state index is -1.02. The van der Waals surface area contributed by atoms with Gasteiger partial charge in [0.1, 0.15) is 11.3 Å². The van der Waals surface area contributed by atoms with Crippen LogP contribution in [0.5, 0.6) is 0 Å². The third-order valence-corrected chi connectivity index (χ3v) is 11.3. The van der Waals surface area contributed by atoms with Crippen molar-refractivity contribution in [2.75, 3.05) is 5.32 Å². The van der Waals surface area contributed by atoms with Gasteiger partial charge in [-0.25, -0.2) is 14.8 Å². The molecule has 0 saturated heterocycles. The van der Waals surface area contributed by atoms with E-state index in [2.05, 4.69) is 32.1 Å². The van der Waals surface area contributed by atoms with Crippen LogP contribution in [0.25, 0.3) is 38.5 Å². The maximum atomic E-state index is 12.2. The van der Waals surface area contributed by atoms with Crippen molar-refractivity contribution in [1.82, 2.24) is 34.5 Å². The lowest BCUT2D eigenvalue weighted by Gasteiger charge is -2.56. The Morgan fingerprint density at radius 3 is 2.47 bits per heavy atom. The van der Waals surface area contributed by atoms with E-state index in [1.807, 2.05) is 53.2 Å². The number of anilines is 2. The third kappa shape index (κ3) is 4.43. The Balaban J connectivity index is 1.09. The van der Waals surface area contributed by atoms with Crippen LogP contribution in [0.2, 0.25) is 0 Å². The molecule has 2 N–H and O–H groups in total. The molecule has 4 aliphatic rings. The Hall–Kier alpha value is -4.64. The lowest BCUT2D eigenvalue weighted by molar-refractivity contribution is -0.0638. The van der Waals surface area contributed by atoms with Crippen LogP contribution in [0.4, 0.5) is 10.9 Å². The van der Waals surface area contributed by atoms with Gasteiger partial charge in [-0.15, -0.1) is 10.2 Å². The van der Waals surface area contributed by atoms with Crippen LogP contribution in [0.15, 0.2) is 60.8 Å². The second kappa shape index (κ2) is 9.93. The lowest BCUT2D eigenvalue weighted by atomic mass is 9.49. The van der Waals surface area contributed by atoms with Crippen LogP contribution >= 0.6 is 11.3 Å². The first-order chi connectivity index (χ1) is 21.9. The Morgan fingerprint density at radius 1 is 0.978 bits per heavy atom. The summed E-state index contributed by atoms with van der Waals surface area (Å²) >= 11 is 1.55. The van der Waals surface area contributed by atoms with Gasteiger partial charge in [-0.1, -0.05) is 29.5 Å². The number of carboxylic acid groups (broad SMARTS) is 1. The molecule has 0 atom stereocenters. The van der Waals surface area contributed by atoms with Crippen molar-refractivity contribution < 1.29 is 9.90 Å². The van der Waals surface area contributed by atoms with Gasteiger partial charge in [-0.2, -0.15) is 5.10 Å². The molecule has 0 unspecified atom stereocenters. The van der Waals surface area contributed by atoms with Crippen molar-refractivity contribution >= 4 is 49.5 Å². The normalized spacial score (nSPS) is 23.7. The number of aromatic nitrogens is 7. The fraction of sp³-hybridized carbons (Fsp3) is 0.353. The number of para-hydroxylation sites is 2. The SMILES string of the molecule is Cc1c(-c2nc3c(C(=O)O)cccc3n2-c2ccc(Nc3nc4ccccc4s3)nn2)cnn1CC12CC3CC(CC(C3)C1)C2. The molecule has 0 aliphatic heterocycles. The minimum absolute atomic E-state index is 0.146. The van der Waals surface area contributed by atoms with Crippen molar-refractivity contribution in [3.63, 3.8) is 0 Å². The smallest absolute Gasteiger partial charge is 0.337 e. The number of thiazole rings is 1. The number of hydrogen-bond donors (Lipinski definition) is 2. The highest BCUT2D eigenvalue weighted by molar-refractivity contribution is 7.22. The number of benzene rings is 2. The molecule has 4 heterocycles. The van der Waals surface area contributed by atoms with Crippen LogP contribution in [0, 0.1) is 30.1 Å². The van der Waals surface area contributed by atoms with E-state index in [1.165, 1.54) is 38.5 Å². The molecule has 4 bridgehead atoms. The monoisotopic (exact) mass is 616 g/mol. The van der Waals surface area contributed by atoms with Gasteiger partial charge < -0.3 is 10.4 Å². The number of nitrogens with one attached hydrogen (secondary N) is 1. The predicted octanol–water partition coefficient (Wildman–Crippen LogP) is 7.26. The summed E-state index contributed by atoms with van der Waals surface area (Å²) in [5.41, 5.74) is 4.36. The summed E-state index contributed by atoms with van der Waals surface area (Å²) in [6.45, 7) is 3.02. The highest BCUT2D eigenvalue weighted by Gasteiger charge is 2.51. The largest absolute Gasteiger partial charge is 0.478 e. The molecule has 0 radical (unpaired) electrons. The van der Waals surface area contributed by atoms with E-state index in [-0.39, 0.29) is 5.56 Å². The zero-order valence-electron chi connectivity index (χ0n) is 24.8. The van der Waals surface area contributed by atoms with Gasteiger partial charge >= 0.3 is 5.97 Å². The first-order valence-electron chi connectivity index (χ1n) is 15.7. The average Bonchev–Trinajstić information content (AvgIpc) is 3.71. The summed E-state index contributed by atoms with van der Waals surface area (Å²) in [6.07, 6.45) is 10.0. The van der Waals surface area contributed by atoms with Gasteiger partial charge in [-0.3, -0.25) is 9.25 Å². The predicted molar refractivity (Wildman–Crippen MR) is 173 cm³/mol. The van der Waals surface area contributed by atoms with Crippen LogP contribution in [0.1, 0.15) is 54.6 Å². The Morgan fingerprint density at radius 2 is 1.76 bits per heavy atom. The first-order valence-corrected chi connectivity index (χ1v) is 16.5. The van der Waals surface area contributed by atoms with Crippen molar-refractivity contribution in [3.8, 4) is 17.2 Å². The number of imidazole rings is 1. The summed E-state index contributed by atoms with van der Waals surface area (Å²) in [4.78, 5) is 21.8. The molecule has 10 rings (SSSR count). The molecule has 4 fully saturated rings. The number of aromatic carboxylic acids is 1. The number of carboxylic acids is 1. The minimum Gasteiger partial charge on any atom is -0.478 e. The van der Waals surface area contributed by atoms with Crippen molar-refractivity contribution in [1.29, 1.82) is 0 Å². The van der Waals surface area contributed by atoms with Gasteiger partial charge in [0.25, 0.3) is 0 Å². The molecule has 4 aromatic heterocycles. The molecule has 0 spiro atoms. The topological polar surface area (TPSA) is 124 Å². The lowest BCUT2D eigenvalue weighted by Crippen LogP contribution is -2.48. The number of hydrogen-bond acceptors (Lipinski definition) is 8. The van der Waals surface area contributed by atoms with E-state index in [0.717, 1.165) is 50.9 Å². The van der Waals surface area contributed by atoms with Crippen LogP contribution in [-0.2, 0) is 6.54 Å². The average molecular weight is 617 g/mol. The second-order valence-corrected chi connectivity index (χ2v) is 14.4. The number of fused-ring (bicyclic) bond motifs is 2. The highest BCUT2D eigenvalue weighted by Crippen LogP contribution is 2.60. The van der Waals surface area contributed by atoms with E-state index in [0.29, 0.717) is 33.9 Å². The van der Waals surface area contributed by atoms with Crippen molar-refractivity contribution in [2.45, 2.75) is 52.0 Å². The van der Waals surface area contributed by atoms with Crippen molar-refractivity contribution in [3.05, 3.63) is 72.1 Å². The van der Waals surface area contributed by atoms with E-state index in [4.69, 9.17) is 10.1 Å². The molecular weight excluding hydrogens is 584 g/mol.